The summed E-state index contributed by atoms with van der Waals surface area (Å²) in [5.41, 5.74) is 1.73. The lowest BCUT2D eigenvalue weighted by Gasteiger charge is -2.16. The van der Waals surface area contributed by atoms with Crippen LogP contribution in [0.1, 0.15) is 28.8 Å². The number of hydrogen-bond acceptors (Lipinski definition) is 1. The van der Waals surface area contributed by atoms with Gasteiger partial charge in [0.25, 0.3) is 5.91 Å². The molecule has 0 unspecified atom stereocenters. The summed E-state index contributed by atoms with van der Waals surface area (Å²) in [7, 11) is 1.82. The Bertz CT molecular complexity index is 372. The first-order chi connectivity index (χ1) is 8.19. The van der Waals surface area contributed by atoms with Crippen LogP contribution in [0.4, 0.5) is 0 Å². The zero-order valence-electron chi connectivity index (χ0n) is 10.2. The monoisotopic (exact) mass is 251 g/mol. The van der Waals surface area contributed by atoms with Gasteiger partial charge in [0.05, 0.1) is 0 Å². The summed E-state index contributed by atoms with van der Waals surface area (Å²) >= 11 is 5.70. The number of nitrogens with zero attached hydrogens (tertiary/aromatic N) is 1. The second-order valence-corrected chi connectivity index (χ2v) is 4.26. The van der Waals surface area contributed by atoms with Gasteiger partial charge in [0.1, 0.15) is 0 Å². The molecule has 17 heavy (non-hydrogen) atoms. The summed E-state index contributed by atoms with van der Waals surface area (Å²) in [4.78, 5) is 13.7. The molecular weight excluding hydrogens is 234 g/mol. The van der Waals surface area contributed by atoms with Crippen molar-refractivity contribution in [1.29, 1.82) is 0 Å². The van der Waals surface area contributed by atoms with E-state index in [1.165, 1.54) is 0 Å². The molecular formula is C14H18ClNO. The van der Waals surface area contributed by atoms with E-state index in [1.54, 1.807) is 4.90 Å². The SMILES string of the molecule is C=CCCCN(C)C(=O)c1ccc(CCl)cc1. The van der Waals surface area contributed by atoms with Crippen LogP contribution in [0.15, 0.2) is 36.9 Å². The molecule has 0 saturated carbocycles. The Morgan fingerprint density at radius 1 is 1.41 bits per heavy atom. The first-order valence-corrected chi connectivity index (χ1v) is 6.23. The maximum Gasteiger partial charge on any atom is 0.253 e. The van der Waals surface area contributed by atoms with E-state index < -0.39 is 0 Å². The summed E-state index contributed by atoms with van der Waals surface area (Å²) in [5.74, 6) is 0.527. The van der Waals surface area contributed by atoms with Crippen molar-refractivity contribution < 1.29 is 4.79 Å². The van der Waals surface area contributed by atoms with Gasteiger partial charge in [0.2, 0.25) is 0 Å². The third-order valence-electron chi connectivity index (χ3n) is 2.60. The van der Waals surface area contributed by atoms with Gasteiger partial charge < -0.3 is 4.90 Å². The Hall–Kier alpha value is -1.28. The molecule has 0 atom stereocenters. The average molecular weight is 252 g/mol. The molecule has 0 radical (unpaired) electrons. The molecule has 0 heterocycles. The Morgan fingerprint density at radius 3 is 2.59 bits per heavy atom. The zero-order chi connectivity index (χ0) is 12.7. The third-order valence-corrected chi connectivity index (χ3v) is 2.91. The predicted octanol–water partition coefficient (Wildman–Crippen LogP) is 3.46. The van der Waals surface area contributed by atoms with Gasteiger partial charge in [-0.15, -0.1) is 18.2 Å². The number of carbonyl (C=O) groups excluding carboxylic acids is 1. The lowest BCUT2D eigenvalue weighted by Crippen LogP contribution is -2.27. The van der Waals surface area contributed by atoms with Crippen molar-refractivity contribution in [2.24, 2.45) is 0 Å². The minimum Gasteiger partial charge on any atom is -0.342 e. The van der Waals surface area contributed by atoms with E-state index in [-0.39, 0.29) is 5.91 Å². The first-order valence-electron chi connectivity index (χ1n) is 5.70. The van der Waals surface area contributed by atoms with Crippen molar-refractivity contribution in [3.63, 3.8) is 0 Å². The molecule has 0 fully saturated rings. The van der Waals surface area contributed by atoms with E-state index >= 15 is 0 Å². The number of carbonyl (C=O) groups is 1. The van der Waals surface area contributed by atoms with E-state index in [9.17, 15) is 4.79 Å². The number of benzene rings is 1. The van der Waals surface area contributed by atoms with Crippen LogP contribution < -0.4 is 0 Å². The Labute approximate surface area is 108 Å². The second-order valence-electron chi connectivity index (χ2n) is 3.99. The van der Waals surface area contributed by atoms with E-state index in [0.717, 1.165) is 24.9 Å². The highest BCUT2D eigenvalue weighted by atomic mass is 35.5. The standard InChI is InChI=1S/C14H18ClNO/c1-3-4-5-10-16(2)14(17)13-8-6-12(11-15)7-9-13/h3,6-9H,1,4-5,10-11H2,2H3. The van der Waals surface area contributed by atoms with Gasteiger partial charge >= 0.3 is 0 Å². The number of unbranched alkanes of at least 4 members (excludes halogenated alkanes) is 1. The van der Waals surface area contributed by atoms with Crippen molar-refractivity contribution in [2.45, 2.75) is 18.7 Å². The Morgan fingerprint density at radius 2 is 2.06 bits per heavy atom. The molecule has 0 bridgehead atoms. The summed E-state index contributed by atoms with van der Waals surface area (Å²) < 4.78 is 0. The van der Waals surface area contributed by atoms with Crippen molar-refractivity contribution in [2.75, 3.05) is 13.6 Å². The van der Waals surface area contributed by atoms with Gasteiger partial charge in [-0.05, 0) is 30.5 Å². The van der Waals surface area contributed by atoms with E-state index in [0.29, 0.717) is 11.4 Å². The number of allylic oxidation sites excluding steroid dienone is 1. The van der Waals surface area contributed by atoms with Gasteiger partial charge in [-0.25, -0.2) is 0 Å². The van der Waals surface area contributed by atoms with Gasteiger partial charge in [0.15, 0.2) is 0 Å². The number of alkyl halides is 1. The average Bonchev–Trinajstić information content (AvgIpc) is 2.38. The van der Waals surface area contributed by atoms with Gasteiger partial charge in [-0.1, -0.05) is 18.2 Å². The number of hydrogen-bond donors (Lipinski definition) is 0. The van der Waals surface area contributed by atoms with Crippen molar-refractivity contribution >= 4 is 17.5 Å². The molecule has 0 aliphatic rings. The molecule has 0 spiro atoms. The molecule has 0 N–H and O–H groups in total. The molecule has 92 valence electrons. The molecule has 2 nitrogen and oxygen atoms in total. The normalized spacial score (nSPS) is 10.0. The van der Waals surface area contributed by atoms with Crippen molar-refractivity contribution in [3.8, 4) is 0 Å². The summed E-state index contributed by atoms with van der Waals surface area (Å²) in [6.07, 6.45) is 3.75. The summed E-state index contributed by atoms with van der Waals surface area (Å²) in [6.45, 7) is 4.42. The first kappa shape index (κ1) is 13.8. The molecule has 3 heteroatoms. The smallest absolute Gasteiger partial charge is 0.253 e. The molecule has 0 saturated heterocycles. The van der Waals surface area contributed by atoms with Crippen LogP contribution in [0, 0.1) is 0 Å². The van der Waals surface area contributed by atoms with Gasteiger partial charge in [-0.3, -0.25) is 4.79 Å². The fourth-order valence-electron chi connectivity index (χ4n) is 1.53. The highest BCUT2D eigenvalue weighted by Gasteiger charge is 2.10. The highest BCUT2D eigenvalue weighted by Crippen LogP contribution is 2.09. The van der Waals surface area contributed by atoms with Gasteiger partial charge in [0, 0.05) is 25.0 Å². The van der Waals surface area contributed by atoms with Crippen LogP contribution >= 0.6 is 11.6 Å². The Kier molecular flexibility index (Phi) is 5.78. The minimum atomic E-state index is 0.0511. The molecule has 0 aliphatic carbocycles. The molecule has 1 aromatic carbocycles. The van der Waals surface area contributed by atoms with Crippen molar-refractivity contribution in [1.82, 2.24) is 4.90 Å². The summed E-state index contributed by atoms with van der Waals surface area (Å²) in [5, 5.41) is 0. The lowest BCUT2D eigenvalue weighted by atomic mass is 10.1. The second kappa shape index (κ2) is 7.13. The number of rotatable bonds is 6. The zero-order valence-corrected chi connectivity index (χ0v) is 10.9. The fraction of sp³-hybridized carbons (Fsp3) is 0.357. The van der Waals surface area contributed by atoms with E-state index in [1.807, 2.05) is 37.4 Å². The molecule has 1 rings (SSSR count). The van der Waals surface area contributed by atoms with Crippen LogP contribution in [-0.4, -0.2) is 24.4 Å². The largest absolute Gasteiger partial charge is 0.342 e. The van der Waals surface area contributed by atoms with Crippen LogP contribution in [0.5, 0.6) is 0 Å². The topological polar surface area (TPSA) is 20.3 Å². The number of amides is 1. The maximum absolute atomic E-state index is 12.0. The van der Waals surface area contributed by atoms with Crippen LogP contribution in [0.2, 0.25) is 0 Å². The van der Waals surface area contributed by atoms with Crippen LogP contribution in [-0.2, 0) is 5.88 Å². The van der Waals surface area contributed by atoms with Crippen molar-refractivity contribution in [3.05, 3.63) is 48.0 Å². The number of halogens is 1. The fourth-order valence-corrected chi connectivity index (χ4v) is 1.71. The lowest BCUT2D eigenvalue weighted by molar-refractivity contribution is 0.0794. The van der Waals surface area contributed by atoms with E-state index in [4.69, 9.17) is 11.6 Å². The molecule has 0 aromatic heterocycles. The van der Waals surface area contributed by atoms with Crippen LogP contribution in [0.25, 0.3) is 0 Å². The molecule has 0 aliphatic heterocycles. The minimum absolute atomic E-state index is 0.0511. The third kappa shape index (κ3) is 4.23. The van der Waals surface area contributed by atoms with E-state index in [2.05, 4.69) is 6.58 Å². The predicted molar refractivity (Wildman–Crippen MR) is 72.4 cm³/mol. The van der Waals surface area contributed by atoms with Crippen LogP contribution in [0.3, 0.4) is 0 Å². The molecule has 1 aromatic rings. The van der Waals surface area contributed by atoms with Gasteiger partial charge in [-0.2, -0.15) is 0 Å². The summed E-state index contributed by atoms with van der Waals surface area (Å²) in [6, 6.07) is 7.42. The maximum atomic E-state index is 12.0. The highest BCUT2D eigenvalue weighted by molar-refractivity contribution is 6.17. The Balaban J connectivity index is 2.58. The quantitative estimate of drug-likeness (QED) is 0.431. The molecule has 1 amide bonds.